The Morgan fingerprint density at radius 3 is 2.47 bits per heavy atom. The highest BCUT2D eigenvalue weighted by Gasteiger charge is 2.59. The molecule has 1 aromatic carbocycles. The number of nitrogens with zero attached hydrogens (tertiary/aromatic N) is 9. The van der Waals surface area contributed by atoms with Crippen LogP contribution in [0.5, 0.6) is 0 Å². The molecule has 6 rings (SSSR count). The largest absolute Gasteiger partial charge is 0.465 e. The first-order valence-electron chi connectivity index (χ1n) is 19.1. The van der Waals surface area contributed by atoms with Crippen molar-refractivity contribution in [1.29, 1.82) is 0 Å². The summed E-state index contributed by atoms with van der Waals surface area (Å²) >= 11 is 12.8. The molecule has 59 heavy (non-hydrogen) atoms. The smallest absolute Gasteiger partial charge is 0.413 e. The lowest BCUT2D eigenvalue weighted by Crippen LogP contribution is -2.45. The van der Waals surface area contributed by atoms with Gasteiger partial charge in [0.1, 0.15) is 25.0 Å². The Morgan fingerprint density at radius 2 is 1.81 bits per heavy atom. The van der Waals surface area contributed by atoms with Crippen LogP contribution in [0.15, 0.2) is 30.5 Å². The Bertz CT molecular complexity index is 2130. The standard InChI is InChI=1S/C35H50Cl2N9O11PSi/c1-8-53-58(50,54-9-2)35(20-47,16-26-41-42-43-45(26)21-51-14-15-59(5,6)7)52-19-25-27-28(57-34(3,4)56-27)31(55-25)46-30-23(17-38-46)29(39-32(37)40-30)44(33(48)49)18-22-12-10-11-13-24(22)36/h10-13,17,25,27-28,31,47H,8-9,14-16,18-21H2,1-7H3,(H,48,49)/t25-,27-,28-,31-,35+/m1/s1. The molecule has 324 valence electrons. The minimum absolute atomic E-state index is 0.0106. The lowest BCUT2D eigenvalue weighted by molar-refractivity contribution is -0.207. The summed E-state index contributed by atoms with van der Waals surface area (Å²) in [5, 5.41) is 36.3. The first kappa shape index (κ1) is 45.3. The van der Waals surface area contributed by atoms with Gasteiger partial charge in [0.05, 0.1) is 51.0 Å². The monoisotopic (exact) mass is 901 g/mol. The predicted molar refractivity (Wildman–Crippen MR) is 216 cm³/mol. The van der Waals surface area contributed by atoms with Crippen LogP contribution in [0.4, 0.5) is 10.6 Å². The van der Waals surface area contributed by atoms with Crippen molar-refractivity contribution in [3.63, 3.8) is 0 Å². The first-order chi connectivity index (χ1) is 27.9. The van der Waals surface area contributed by atoms with E-state index in [9.17, 15) is 19.6 Å². The van der Waals surface area contributed by atoms with Crippen LogP contribution < -0.4 is 4.90 Å². The third-order valence-electron chi connectivity index (χ3n) is 9.66. The number of carbonyl (C=O) groups is 1. The van der Waals surface area contributed by atoms with Gasteiger partial charge in [0.2, 0.25) is 5.28 Å². The molecule has 24 heteroatoms. The van der Waals surface area contributed by atoms with Crippen molar-refractivity contribution < 1.29 is 52.3 Å². The number of halogens is 2. The molecule has 0 unspecified atom stereocenters. The Hall–Kier alpha value is -3.18. The van der Waals surface area contributed by atoms with E-state index in [0.29, 0.717) is 17.2 Å². The summed E-state index contributed by atoms with van der Waals surface area (Å²) in [6.45, 7) is 12.7. The number of hydrogen-bond donors (Lipinski definition) is 2. The van der Waals surface area contributed by atoms with Crippen molar-refractivity contribution in [2.75, 3.05) is 37.9 Å². The maximum atomic E-state index is 14.7. The van der Waals surface area contributed by atoms with E-state index in [-0.39, 0.29) is 67.5 Å². The van der Waals surface area contributed by atoms with Crippen LogP contribution in [0, 0.1) is 0 Å². The van der Waals surface area contributed by atoms with Crippen molar-refractivity contribution in [3.05, 3.63) is 52.2 Å². The molecular weight excluding hydrogens is 852 g/mol. The summed E-state index contributed by atoms with van der Waals surface area (Å²) in [5.74, 6) is -0.920. The number of aliphatic hydroxyl groups excluding tert-OH is 1. The molecule has 0 bridgehead atoms. The molecule has 0 spiro atoms. The van der Waals surface area contributed by atoms with Crippen LogP contribution in [-0.4, -0.2) is 127 Å². The number of aromatic nitrogens is 8. The zero-order chi connectivity index (χ0) is 42.8. The van der Waals surface area contributed by atoms with Gasteiger partial charge in [-0.3, -0.25) is 9.46 Å². The molecule has 0 saturated carbocycles. The Kier molecular flexibility index (Phi) is 14.2. The molecule has 2 fully saturated rings. The van der Waals surface area contributed by atoms with E-state index in [2.05, 4.69) is 50.2 Å². The molecule has 5 heterocycles. The quantitative estimate of drug-likeness (QED) is 0.0466. The maximum Gasteiger partial charge on any atom is 0.413 e. The van der Waals surface area contributed by atoms with Crippen LogP contribution in [-0.2, 0) is 57.0 Å². The number of hydrogen-bond acceptors (Lipinski definition) is 16. The lowest BCUT2D eigenvalue weighted by atomic mass is 10.1. The lowest BCUT2D eigenvalue weighted by Gasteiger charge is -2.37. The average molecular weight is 903 g/mol. The van der Waals surface area contributed by atoms with Gasteiger partial charge in [0.15, 0.2) is 34.6 Å². The number of tetrazole rings is 1. The number of ether oxygens (including phenoxy) is 5. The molecule has 1 amide bonds. The van der Waals surface area contributed by atoms with Crippen LogP contribution in [0.25, 0.3) is 11.0 Å². The van der Waals surface area contributed by atoms with Crippen LogP contribution in [0.3, 0.4) is 0 Å². The molecule has 3 aromatic heterocycles. The van der Waals surface area contributed by atoms with Gasteiger partial charge in [-0.05, 0) is 67.4 Å². The fraction of sp³-hybridized carbons (Fsp3) is 0.629. The number of anilines is 1. The number of benzene rings is 1. The van der Waals surface area contributed by atoms with Crippen molar-refractivity contribution in [3.8, 4) is 0 Å². The fourth-order valence-corrected chi connectivity index (χ4v) is 9.87. The zero-order valence-corrected chi connectivity index (χ0v) is 37.3. The minimum atomic E-state index is -4.29. The summed E-state index contributed by atoms with van der Waals surface area (Å²) in [6.07, 6.45) is -3.76. The van der Waals surface area contributed by atoms with Crippen molar-refractivity contribution >= 4 is 61.8 Å². The molecule has 0 radical (unpaired) electrons. The summed E-state index contributed by atoms with van der Waals surface area (Å²) in [6, 6.07) is 7.76. The highest BCUT2D eigenvalue weighted by atomic mass is 35.5. The predicted octanol–water partition coefficient (Wildman–Crippen LogP) is 5.75. The number of rotatable bonds is 20. The van der Waals surface area contributed by atoms with E-state index < -0.39 is 64.0 Å². The normalized spacial score (nSPS) is 21.5. The third-order valence-corrected chi connectivity index (χ3v) is 14.5. The Balaban J connectivity index is 1.31. The molecule has 2 aliphatic heterocycles. The van der Waals surface area contributed by atoms with E-state index in [1.807, 2.05) is 0 Å². The first-order valence-corrected chi connectivity index (χ1v) is 25.1. The van der Waals surface area contributed by atoms with Crippen molar-refractivity contribution in [2.45, 2.75) is 109 Å². The second kappa shape index (κ2) is 18.4. The maximum absolute atomic E-state index is 14.7. The summed E-state index contributed by atoms with van der Waals surface area (Å²) in [4.78, 5) is 22.3. The summed E-state index contributed by atoms with van der Waals surface area (Å²) in [7, 11) is -5.67. The third kappa shape index (κ3) is 9.97. The second-order valence-electron chi connectivity index (χ2n) is 15.6. The van der Waals surface area contributed by atoms with Gasteiger partial charge in [-0.25, -0.2) is 14.2 Å². The molecular formula is C35H50Cl2N9O11PSi. The van der Waals surface area contributed by atoms with E-state index in [4.69, 9.17) is 55.9 Å². The summed E-state index contributed by atoms with van der Waals surface area (Å²) in [5.41, 5.74) is 0.680. The number of amides is 1. The van der Waals surface area contributed by atoms with Crippen LogP contribution >= 0.6 is 30.8 Å². The topological polar surface area (TPSA) is 230 Å². The number of fused-ring (bicyclic) bond motifs is 2. The molecule has 4 aromatic rings. The average Bonchev–Trinajstić information content (AvgIpc) is 3.94. The van der Waals surface area contributed by atoms with Gasteiger partial charge in [-0.2, -0.15) is 15.1 Å². The minimum Gasteiger partial charge on any atom is -0.465 e. The second-order valence-corrected chi connectivity index (χ2v) is 24.3. The van der Waals surface area contributed by atoms with E-state index >= 15 is 0 Å². The zero-order valence-electron chi connectivity index (χ0n) is 33.9. The van der Waals surface area contributed by atoms with E-state index in [0.717, 1.165) is 10.9 Å². The van der Waals surface area contributed by atoms with Crippen LogP contribution in [0.1, 0.15) is 45.3 Å². The highest BCUT2D eigenvalue weighted by molar-refractivity contribution is 7.55. The van der Waals surface area contributed by atoms with Gasteiger partial charge in [0, 0.05) is 19.7 Å². The molecule has 2 saturated heterocycles. The fourth-order valence-electron chi connectivity index (χ4n) is 6.79. The SMILES string of the molecule is CCOP(=O)(OCC)[C@](CO)(Cc1nnnn1COCC[Si](C)(C)C)OC[C@H]1O[C@@H](n2ncc3c(N(Cc4ccccc4Cl)C(=O)O)nc(Cl)nc32)[C@@H]2OC(C)(C)O[C@@H]21. The van der Waals surface area contributed by atoms with Gasteiger partial charge < -0.3 is 42.9 Å². The van der Waals surface area contributed by atoms with E-state index in [1.54, 1.807) is 52.0 Å². The summed E-state index contributed by atoms with van der Waals surface area (Å²) < 4.78 is 60.7. The van der Waals surface area contributed by atoms with Gasteiger partial charge >= 0.3 is 13.7 Å². The molecule has 2 aliphatic rings. The Morgan fingerprint density at radius 1 is 1.10 bits per heavy atom. The number of carboxylic acid groups (broad SMARTS) is 1. The van der Waals surface area contributed by atoms with Crippen molar-refractivity contribution in [2.24, 2.45) is 0 Å². The highest BCUT2D eigenvalue weighted by Crippen LogP contribution is 2.62. The molecule has 2 N–H and O–H groups in total. The van der Waals surface area contributed by atoms with Crippen molar-refractivity contribution in [1.82, 2.24) is 40.0 Å². The van der Waals surface area contributed by atoms with Gasteiger partial charge in [-0.1, -0.05) is 49.4 Å². The van der Waals surface area contributed by atoms with Crippen LogP contribution in [0.2, 0.25) is 36.0 Å². The number of aliphatic hydroxyl groups is 1. The molecule has 0 aliphatic carbocycles. The molecule has 5 atom stereocenters. The van der Waals surface area contributed by atoms with E-state index in [1.165, 1.54) is 15.6 Å². The molecule has 20 nitrogen and oxygen atoms in total. The van der Waals surface area contributed by atoms with Gasteiger partial charge in [-0.15, -0.1) is 5.10 Å². The Labute approximate surface area is 351 Å². The van der Waals surface area contributed by atoms with Gasteiger partial charge in [0.25, 0.3) is 0 Å².